The van der Waals surface area contributed by atoms with E-state index in [2.05, 4.69) is 80.4 Å². The number of piperidine rings is 1. The minimum Gasteiger partial charge on any atom is -0.489 e. The molecule has 0 unspecified atom stereocenters. The summed E-state index contributed by atoms with van der Waals surface area (Å²) in [5.41, 5.74) is 4.23. The topological polar surface area (TPSA) is 27.7 Å². The van der Waals surface area contributed by atoms with Crippen molar-refractivity contribution in [3.8, 4) is 5.75 Å². The average Bonchev–Trinajstić information content (AvgIpc) is 3.02. The number of hydrogen-bond acceptors (Lipinski definition) is 4. The van der Waals surface area contributed by atoms with Crippen LogP contribution in [0.5, 0.6) is 5.75 Å². The molecule has 2 saturated heterocycles. The largest absolute Gasteiger partial charge is 0.489 e. The van der Waals surface area contributed by atoms with Crippen molar-refractivity contribution in [1.29, 1.82) is 0 Å². The van der Waals surface area contributed by atoms with Gasteiger partial charge in [0.15, 0.2) is 0 Å². The summed E-state index contributed by atoms with van der Waals surface area (Å²) in [6, 6.07) is 15.5. The van der Waals surface area contributed by atoms with Crippen LogP contribution in [0, 0.1) is 0 Å². The number of hydrogen-bond donors (Lipinski definition) is 1. The first kappa shape index (κ1) is 21.7. The average molecular weight is 472 g/mol. The second-order valence-corrected chi connectivity index (χ2v) is 9.29. The summed E-state index contributed by atoms with van der Waals surface area (Å²) in [6.45, 7) is 9.83. The van der Waals surface area contributed by atoms with Crippen LogP contribution in [-0.4, -0.2) is 50.3 Å². The Labute approximate surface area is 189 Å². The Morgan fingerprint density at radius 1 is 1.03 bits per heavy atom. The van der Waals surface area contributed by atoms with E-state index in [9.17, 15) is 0 Å². The van der Waals surface area contributed by atoms with Gasteiger partial charge in [0.2, 0.25) is 0 Å². The smallest absolute Gasteiger partial charge is 0.133 e. The predicted octanol–water partition coefficient (Wildman–Crippen LogP) is 4.85. The van der Waals surface area contributed by atoms with E-state index in [-0.39, 0.29) is 0 Å². The van der Waals surface area contributed by atoms with E-state index in [1.54, 1.807) is 0 Å². The molecule has 162 valence electrons. The zero-order valence-corrected chi connectivity index (χ0v) is 19.7. The fourth-order valence-corrected chi connectivity index (χ4v) is 5.10. The van der Waals surface area contributed by atoms with Crippen LogP contribution in [0.25, 0.3) is 0 Å². The van der Waals surface area contributed by atoms with E-state index < -0.39 is 0 Å². The number of aryl methyl sites for hydroxylation is 1. The van der Waals surface area contributed by atoms with Crippen LogP contribution in [0.2, 0.25) is 0 Å². The fourth-order valence-electron chi connectivity index (χ4n) is 4.58. The van der Waals surface area contributed by atoms with Gasteiger partial charge in [0.1, 0.15) is 11.9 Å². The molecule has 0 radical (unpaired) electrons. The zero-order valence-electron chi connectivity index (χ0n) is 18.1. The maximum atomic E-state index is 6.23. The van der Waals surface area contributed by atoms with Crippen LogP contribution in [0.15, 0.2) is 46.9 Å². The molecule has 2 aliphatic rings. The van der Waals surface area contributed by atoms with Gasteiger partial charge >= 0.3 is 0 Å². The Hall–Kier alpha value is -1.56. The van der Waals surface area contributed by atoms with Gasteiger partial charge in [-0.3, -0.25) is 4.90 Å². The minimum atomic E-state index is 0.330. The summed E-state index contributed by atoms with van der Waals surface area (Å²) in [5.74, 6) is 0.976. The van der Waals surface area contributed by atoms with E-state index in [0.29, 0.717) is 6.10 Å². The standard InChI is InChI=1S/C25H34BrN3O/c1-2-21-6-3-4-7-24(21)29-15-5-14-28(16-17-29)19-20-8-9-25(23(26)18-20)30-22-10-12-27-13-11-22/h3-4,6-9,18,22,27H,2,5,10-17,19H2,1H3. The third-order valence-corrected chi connectivity index (χ3v) is 6.90. The predicted molar refractivity (Wildman–Crippen MR) is 129 cm³/mol. The molecule has 2 aromatic rings. The van der Waals surface area contributed by atoms with Crippen LogP contribution >= 0.6 is 15.9 Å². The third-order valence-electron chi connectivity index (χ3n) is 6.28. The van der Waals surface area contributed by atoms with Gasteiger partial charge in [-0.15, -0.1) is 0 Å². The number of nitrogens with zero attached hydrogens (tertiary/aromatic N) is 2. The molecular weight excluding hydrogens is 438 g/mol. The van der Waals surface area contributed by atoms with E-state index in [4.69, 9.17) is 4.74 Å². The molecule has 0 aliphatic carbocycles. The lowest BCUT2D eigenvalue weighted by molar-refractivity contribution is 0.161. The normalized spacial score (nSPS) is 18.9. The van der Waals surface area contributed by atoms with Gasteiger partial charge in [0, 0.05) is 38.4 Å². The first-order valence-corrected chi connectivity index (χ1v) is 12.2. The lowest BCUT2D eigenvalue weighted by Crippen LogP contribution is -2.34. The first-order chi connectivity index (χ1) is 14.7. The molecule has 2 aliphatic heterocycles. The number of ether oxygens (including phenoxy) is 1. The molecule has 0 spiro atoms. The van der Waals surface area contributed by atoms with Crippen LogP contribution in [0.3, 0.4) is 0 Å². The van der Waals surface area contributed by atoms with E-state index in [1.807, 2.05) is 0 Å². The molecule has 0 amide bonds. The molecule has 1 N–H and O–H groups in total. The van der Waals surface area contributed by atoms with Crippen molar-refractivity contribution in [2.24, 2.45) is 0 Å². The number of nitrogens with one attached hydrogen (secondary N) is 1. The highest BCUT2D eigenvalue weighted by molar-refractivity contribution is 9.10. The molecule has 2 fully saturated rings. The van der Waals surface area contributed by atoms with Crippen LogP contribution in [0.4, 0.5) is 5.69 Å². The van der Waals surface area contributed by atoms with Crippen molar-refractivity contribution in [3.05, 3.63) is 58.1 Å². The lowest BCUT2D eigenvalue weighted by atomic mass is 10.1. The molecule has 30 heavy (non-hydrogen) atoms. The Kier molecular flexibility index (Phi) is 7.69. The molecule has 0 aromatic heterocycles. The van der Waals surface area contributed by atoms with E-state index in [1.165, 1.54) is 23.2 Å². The highest BCUT2D eigenvalue weighted by atomic mass is 79.9. The maximum absolute atomic E-state index is 6.23. The summed E-state index contributed by atoms with van der Waals surface area (Å²) in [7, 11) is 0. The van der Waals surface area contributed by atoms with Crippen LogP contribution in [0.1, 0.15) is 37.3 Å². The summed E-state index contributed by atoms with van der Waals surface area (Å²) in [5, 5.41) is 3.39. The number of para-hydroxylation sites is 1. The van der Waals surface area contributed by atoms with Crippen LogP contribution < -0.4 is 15.0 Å². The fraction of sp³-hybridized carbons (Fsp3) is 0.520. The van der Waals surface area contributed by atoms with Gasteiger partial charge in [-0.2, -0.15) is 0 Å². The van der Waals surface area contributed by atoms with E-state index in [0.717, 1.165) is 75.3 Å². The number of halogens is 1. The Bertz CT molecular complexity index is 822. The summed E-state index contributed by atoms with van der Waals surface area (Å²) in [6.07, 6.45) is 4.79. The molecule has 4 nitrogen and oxygen atoms in total. The summed E-state index contributed by atoms with van der Waals surface area (Å²) < 4.78 is 7.30. The number of anilines is 1. The highest BCUT2D eigenvalue weighted by Crippen LogP contribution is 2.29. The summed E-state index contributed by atoms with van der Waals surface area (Å²) >= 11 is 3.74. The van der Waals surface area contributed by atoms with Crippen LogP contribution in [-0.2, 0) is 13.0 Å². The maximum Gasteiger partial charge on any atom is 0.133 e. The third kappa shape index (κ3) is 5.57. The minimum absolute atomic E-state index is 0.330. The second-order valence-electron chi connectivity index (χ2n) is 8.43. The van der Waals surface area contributed by atoms with Crippen molar-refractivity contribution >= 4 is 21.6 Å². The number of benzene rings is 2. The van der Waals surface area contributed by atoms with Crippen molar-refractivity contribution < 1.29 is 4.74 Å². The Balaban J connectivity index is 1.34. The molecule has 4 rings (SSSR count). The van der Waals surface area contributed by atoms with Gasteiger partial charge in [0.05, 0.1) is 4.47 Å². The molecule has 5 heteroatoms. The molecular formula is C25H34BrN3O. The molecule has 0 saturated carbocycles. The van der Waals surface area contributed by atoms with Gasteiger partial charge in [0.25, 0.3) is 0 Å². The molecule has 2 aromatic carbocycles. The van der Waals surface area contributed by atoms with E-state index >= 15 is 0 Å². The summed E-state index contributed by atoms with van der Waals surface area (Å²) in [4.78, 5) is 5.16. The molecule has 0 bridgehead atoms. The van der Waals surface area contributed by atoms with Crippen molar-refractivity contribution in [3.63, 3.8) is 0 Å². The van der Waals surface area contributed by atoms with Crippen molar-refractivity contribution in [2.45, 2.75) is 45.3 Å². The van der Waals surface area contributed by atoms with Gasteiger partial charge < -0.3 is 15.0 Å². The second kappa shape index (κ2) is 10.7. The SMILES string of the molecule is CCc1ccccc1N1CCCN(Cc2ccc(OC3CCNCC3)c(Br)c2)CC1. The molecule has 2 heterocycles. The molecule has 0 atom stereocenters. The first-order valence-electron chi connectivity index (χ1n) is 11.4. The monoisotopic (exact) mass is 471 g/mol. The van der Waals surface area contributed by atoms with Gasteiger partial charge in [-0.05, 0) is 84.0 Å². The van der Waals surface area contributed by atoms with Gasteiger partial charge in [-0.25, -0.2) is 0 Å². The highest BCUT2D eigenvalue weighted by Gasteiger charge is 2.19. The lowest BCUT2D eigenvalue weighted by Gasteiger charge is -2.26. The quantitative estimate of drug-likeness (QED) is 0.651. The Morgan fingerprint density at radius 3 is 2.67 bits per heavy atom. The number of rotatable bonds is 6. The zero-order chi connectivity index (χ0) is 20.8. The Morgan fingerprint density at radius 2 is 1.87 bits per heavy atom. The van der Waals surface area contributed by atoms with Crippen molar-refractivity contribution in [1.82, 2.24) is 10.2 Å². The van der Waals surface area contributed by atoms with Gasteiger partial charge in [-0.1, -0.05) is 31.2 Å². The van der Waals surface area contributed by atoms with Crippen molar-refractivity contribution in [2.75, 3.05) is 44.2 Å².